The maximum Gasteiger partial charge on any atom is 0.253 e. The Morgan fingerprint density at radius 3 is 1.94 bits per heavy atom. The highest BCUT2D eigenvalue weighted by Crippen LogP contribution is 2.24. The van der Waals surface area contributed by atoms with Crippen molar-refractivity contribution in [1.29, 1.82) is 0 Å². The molecule has 0 N–H and O–H groups in total. The number of carbonyl (C=O) groups is 1. The Labute approximate surface area is 189 Å². The second-order valence-electron chi connectivity index (χ2n) is 8.42. The Kier molecular flexibility index (Phi) is 6.34. The van der Waals surface area contributed by atoms with Crippen molar-refractivity contribution in [3.63, 3.8) is 0 Å². The molecule has 172 valence electrons. The number of hydrogen-bond acceptors (Lipinski definition) is 7. The van der Waals surface area contributed by atoms with Crippen molar-refractivity contribution in [1.82, 2.24) is 19.2 Å². The molecule has 2 aliphatic rings. The average molecular weight is 459 g/mol. The molecule has 2 saturated heterocycles. The van der Waals surface area contributed by atoms with Crippen LogP contribution in [0.4, 0.5) is 11.6 Å². The summed E-state index contributed by atoms with van der Waals surface area (Å²) in [5, 5.41) is 0. The SMILES string of the molecule is Cc1nc(N2CCCC2)cc(N2CCN(C(=O)c3ccc(S(=O)(=O)N(C)C)cc3)CC2)n1. The number of aromatic nitrogens is 2. The maximum absolute atomic E-state index is 12.9. The van der Waals surface area contributed by atoms with E-state index in [9.17, 15) is 13.2 Å². The summed E-state index contributed by atoms with van der Waals surface area (Å²) in [6.45, 7) is 6.53. The third-order valence-corrected chi connectivity index (χ3v) is 7.84. The second kappa shape index (κ2) is 9.03. The minimum atomic E-state index is -3.51. The maximum atomic E-state index is 12.9. The monoisotopic (exact) mass is 458 g/mol. The van der Waals surface area contributed by atoms with Crippen molar-refractivity contribution in [2.45, 2.75) is 24.7 Å². The summed E-state index contributed by atoms with van der Waals surface area (Å²) in [5.41, 5.74) is 0.491. The van der Waals surface area contributed by atoms with Crippen molar-refractivity contribution in [3.8, 4) is 0 Å². The van der Waals surface area contributed by atoms with Crippen LogP contribution in [0.15, 0.2) is 35.2 Å². The molecule has 2 aromatic rings. The Balaban J connectivity index is 1.41. The minimum absolute atomic E-state index is 0.0879. The molecule has 1 amide bonds. The number of amides is 1. The summed E-state index contributed by atoms with van der Waals surface area (Å²) in [7, 11) is -0.535. The van der Waals surface area contributed by atoms with Crippen LogP contribution in [0, 0.1) is 6.92 Å². The van der Waals surface area contributed by atoms with Crippen molar-refractivity contribution in [2.24, 2.45) is 0 Å². The first-order valence-corrected chi connectivity index (χ1v) is 12.4. The van der Waals surface area contributed by atoms with Gasteiger partial charge in [-0.05, 0) is 44.0 Å². The van der Waals surface area contributed by atoms with Gasteiger partial charge in [0.25, 0.3) is 5.91 Å². The Morgan fingerprint density at radius 1 is 0.875 bits per heavy atom. The van der Waals surface area contributed by atoms with Crippen LogP contribution in [-0.4, -0.2) is 86.9 Å². The summed E-state index contributed by atoms with van der Waals surface area (Å²) in [6.07, 6.45) is 2.39. The number of aryl methyl sites for hydroxylation is 1. The largest absolute Gasteiger partial charge is 0.356 e. The van der Waals surface area contributed by atoms with Crippen LogP contribution in [0.25, 0.3) is 0 Å². The fourth-order valence-corrected chi connectivity index (χ4v) is 5.01. The van der Waals surface area contributed by atoms with Crippen LogP contribution < -0.4 is 9.80 Å². The smallest absolute Gasteiger partial charge is 0.253 e. The molecule has 0 unspecified atom stereocenters. The highest BCUT2D eigenvalue weighted by atomic mass is 32.2. The highest BCUT2D eigenvalue weighted by Gasteiger charge is 2.25. The van der Waals surface area contributed by atoms with E-state index in [1.165, 1.54) is 39.1 Å². The molecule has 32 heavy (non-hydrogen) atoms. The average Bonchev–Trinajstić information content (AvgIpc) is 3.33. The van der Waals surface area contributed by atoms with E-state index in [4.69, 9.17) is 0 Å². The van der Waals surface area contributed by atoms with Gasteiger partial charge in [-0.1, -0.05) is 0 Å². The van der Waals surface area contributed by atoms with Crippen LogP contribution >= 0.6 is 0 Å². The summed E-state index contributed by atoms with van der Waals surface area (Å²) in [5.74, 6) is 2.56. The van der Waals surface area contributed by atoms with Gasteiger partial charge in [0.15, 0.2) is 0 Å². The highest BCUT2D eigenvalue weighted by molar-refractivity contribution is 7.89. The molecular weight excluding hydrogens is 428 g/mol. The lowest BCUT2D eigenvalue weighted by Crippen LogP contribution is -2.49. The number of rotatable bonds is 5. The van der Waals surface area contributed by atoms with Gasteiger partial charge in [-0.25, -0.2) is 22.7 Å². The molecule has 3 heterocycles. The Bertz CT molecular complexity index is 1070. The number of carbonyl (C=O) groups excluding carboxylic acids is 1. The number of hydrogen-bond donors (Lipinski definition) is 0. The summed E-state index contributed by atoms with van der Waals surface area (Å²) in [4.78, 5) is 28.7. The Hall–Kier alpha value is -2.72. The van der Waals surface area contributed by atoms with Gasteiger partial charge in [0.2, 0.25) is 10.0 Å². The van der Waals surface area contributed by atoms with Crippen molar-refractivity contribution in [3.05, 3.63) is 41.7 Å². The van der Waals surface area contributed by atoms with Gasteiger partial charge >= 0.3 is 0 Å². The van der Waals surface area contributed by atoms with E-state index in [1.54, 1.807) is 17.0 Å². The first kappa shape index (κ1) is 22.5. The van der Waals surface area contributed by atoms with E-state index < -0.39 is 10.0 Å². The molecule has 0 saturated carbocycles. The molecule has 1 aromatic heterocycles. The van der Waals surface area contributed by atoms with Gasteiger partial charge < -0.3 is 14.7 Å². The molecule has 2 fully saturated rings. The number of piperazine rings is 1. The van der Waals surface area contributed by atoms with Crippen LogP contribution in [0.1, 0.15) is 29.0 Å². The molecule has 2 aliphatic heterocycles. The van der Waals surface area contributed by atoms with Gasteiger partial charge in [-0.2, -0.15) is 0 Å². The molecule has 9 nitrogen and oxygen atoms in total. The zero-order valence-corrected chi connectivity index (χ0v) is 19.7. The van der Waals surface area contributed by atoms with E-state index in [0.717, 1.165) is 34.9 Å². The quantitative estimate of drug-likeness (QED) is 0.672. The standard InChI is InChI=1S/C22H30N6O3S/c1-17-23-20(26-10-4-5-11-26)16-21(24-17)27-12-14-28(15-13-27)22(29)18-6-8-19(9-7-18)32(30,31)25(2)3/h6-9,16H,4-5,10-15H2,1-3H3. The lowest BCUT2D eigenvalue weighted by molar-refractivity contribution is 0.0746. The molecule has 0 radical (unpaired) electrons. The third-order valence-electron chi connectivity index (χ3n) is 6.01. The van der Waals surface area contributed by atoms with E-state index in [0.29, 0.717) is 31.7 Å². The molecular formula is C22H30N6O3S. The molecule has 10 heteroatoms. The third kappa shape index (κ3) is 4.56. The minimum Gasteiger partial charge on any atom is -0.356 e. The summed E-state index contributed by atoms with van der Waals surface area (Å²) >= 11 is 0. The first-order valence-electron chi connectivity index (χ1n) is 10.9. The van der Waals surface area contributed by atoms with Gasteiger partial charge in [-0.3, -0.25) is 4.79 Å². The lowest BCUT2D eigenvalue weighted by atomic mass is 10.2. The fourth-order valence-electron chi connectivity index (χ4n) is 4.11. The van der Waals surface area contributed by atoms with Gasteiger partial charge in [0.05, 0.1) is 4.90 Å². The predicted octanol–water partition coefficient (Wildman–Crippen LogP) is 1.60. The zero-order valence-electron chi connectivity index (χ0n) is 18.9. The van der Waals surface area contributed by atoms with Crippen LogP contribution in [-0.2, 0) is 10.0 Å². The van der Waals surface area contributed by atoms with Crippen molar-refractivity contribution in [2.75, 3.05) is 63.2 Å². The van der Waals surface area contributed by atoms with Gasteiger partial charge in [0, 0.05) is 65.0 Å². The Morgan fingerprint density at radius 2 is 1.41 bits per heavy atom. The van der Waals surface area contributed by atoms with Crippen LogP contribution in [0.3, 0.4) is 0 Å². The topological polar surface area (TPSA) is 90.0 Å². The van der Waals surface area contributed by atoms with Crippen LogP contribution in [0.2, 0.25) is 0 Å². The predicted molar refractivity (Wildman–Crippen MR) is 124 cm³/mol. The van der Waals surface area contributed by atoms with E-state index in [1.807, 2.05) is 6.92 Å². The first-order chi connectivity index (χ1) is 15.3. The molecule has 0 bridgehead atoms. The molecule has 4 rings (SSSR count). The number of benzene rings is 1. The van der Waals surface area contributed by atoms with Gasteiger partial charge in [-0.15, -0.1) is 0 Å². The fraction of sp³-hybridized carbons (Fsp3) is 0.500. The van der Waals surface area contributed by atoms with E-state index in [-0.39, 0.29) is 10.8 Å². The summed E-state index contributed by atoms with van der Waals surface area (Å²) in [6, 6.07) is 8.20. The molecule has 1 aromatic carbocycles. The number of sulfonamides is 1. The molecule has 0 aliphatic carbocycles. The summed E-state index contributed by atoms with van der Waals surface area (Å²) < 4.78 is 25.6. The van der Waals surface area contributed by atoms with Crippen LogP contribution in [0.5, 0.6) is 0 Å². The normalized spacial score (nSPS) is 17.3. The number of nitrogens with zero attached hydrogens (tertiary/aromatic N) is 6. The molecule has 0 atom stereocenters. The van der Waals surface area contributed by atoms with Crippen molar-refractivity contribution < 1.29 is 13.2 Å². The van der Waals surface area contributed by atoms with E-state index in [2.05, 4.69) is 25.8 Å². The lowest BCUT2D eigenvalue weighted by Gasteiger charge is -2.35. The molecule has 0 spiro atoms. The van der Waals surface area contributed by atoms with Crippen molar-refractivity contribution >= 4 is 27.6 Å². The van der Waals surface area contributed by atoms with E-state index >= 15 is 0 Å². The number of anilines is 2. The second-order valence-corrected chi connectivity index (χ2v) is 10.6. The van der Waals surface area contributed by atoms with Gasteiger partial charge in [0.1, 0.15) is 17.5 Å². The zero-order chi connectivity index (χ0) is 22.9.